The Morgan fingerprint density at radius 2 is 2.19 bits per heavy atom. The molecule has 0 aliphatic rings. The van der Waals surface area contributed by atoms with Crippen LogP contribution in [0.3, 0.4) is 0 Å². The fraction of sp³-hybridized carbons (Fsp3) is 0.368. The first kappa shape index (κ1) is 18.8. The number of carbonyl (C=O) groups excluding carboxylic acids is 1. The number of aromatic nitrogens is 4. The van der Waals surface area contributed by atoms with E-state index >= 15 is 0 Å². The second-order valence-corrected chi connectivity index (χ2v) is 6.46. The van der Waals surface area contributed by atoms with Gasteiger partial charge in [-0.3, -0.25) is 9.48 Å². The minimum absolute atomic E-state index is 0.0761. The summed E-state index contributed by atoms with van der Waals surface area (Å²) in [5.41, 5.74) is 2.22. The van der Waals surface area contributed by atoms with Gasteiger partial charge < -0.3 is 9.84 Å². The van der Waals surface area contributed by atoms with Crippen LogP contribution in [0, 0.1) is 19.7 Å². The van der Waals surface area contributed by atoms with Crippen molar-refractivity contribution in [1.29, 1.82) is 0 Å². The summed E-state index contributed by atoms with van der Waals surface area (Å²) in [6.45, 7) is 5.02. The number of halogens is 1. The maximum absolute atomic E-state index is 13.6. The van der Waals surface area contributed by atoms with Gasteiger partial charge in [-0.25, -0.2) is 4.39 Å². The van der Waals surface area contributed by atoms with Gasteiger partial charge in [0.05, 0.1) is 6.20 Å². The van der Waals surface area contributed by atoms with Crippen molar-refractivity contribution in [3.8, 4) is 11.4 Å². The average Bonchev–Trinajstić information content (AvgIpc) is 3.28. The molecule has 2 heterocycles. The van der Waals surface area contributed by atoms with Gasteiger partial charge in [0.1, 0.15) is 5.82 Å². The predicted molar refractivity (Wildman–Crippen MR) is 97.3 cm³/mol. The van der Waals surface area contributed by atoms with Crippen LogP contribution in [0.4, 0.5) is 4.39 Å². The van der Waals surface area contributed by atoms with Crippen LogP contribution >= 0.6 is 0 Å². The number of nitrogens with one attached hydrogen (secondary N) is 1. The molecule has 3 rings (SSSR count). The van der Waals surface area contributed by atoms with Crippen LogP contribution in [0.5, 0.6) is 0 Å². The van der Waals surface area contributed by atoms with E-state index in [4.69, 9.17) is 4.52 Å². The molecule has 0 atom stereocenters. The van der Waals surface area contributed by atoms with E-state index in [0.29, 0.717) is 35.8 Å². The lowest BCUT2D eigenvalue weighted by Gasteiger charge is -2.04. The summed E-state index contributed by atoms with van der Waals surface area (Å²) in [6.07, 6.45) is 5.17. The molecule has 0 saturated heterocycles. The van der Waals surface area contributed by atoms with Crippen molar-refractivity contribution < 1.29 is 13.7 Å². The van der Waals surface area contributed by atoms with Gasteiger partial charge in [0.15, 0.2) is 0 Å². The Morgan fingerprint density at radius 3 is 2.93 bits per heavy atom. The first-order valence-corrected chi connectivity index (χ1v) is 8.86. The molecular weight excluding hydrogens is 349 g/mol. The lowest BCUT2D eigenvalue weighted by atomic mass is 10.1. The molecule has 0 spiro atoms. The van der Waals surface area contributed by atoms with Crippen molar-refractivity contribution in [3.05, 3.63) is 53.4 Å². The maximum atomic E-state index is 13.6. The monoisotopic (exact) mass is 371 g/mol. The van der Waals surface area contributed by atoms with Crippen LogP contribution < -0.4 is 5.32 Å². The Morgan fingerprint density at radius 1 is 1.33 bits per heavy atom. The van der Waals surface area contributed by atoms with Crippen molar-refractivity contribution >= 4 is 5.91 Å². The van der Waals surface area contributed by atoms with Gasteiger partial charge in [-0.1, -0.05) is 17.3 Å². The normalized spacial score (nSPS) is 10.9. The molecule has 1 amide bonds. The Hall–Kier alpha value is -3.03. The van der Waals surface area contributed by atoms with E-state index in [2.05, 4.69) is 20.6 Å². The van der Waals surface area contributed by atoms with Gasteiger partial charge in [-0.05, 0) is 37.5 Å². The minimum Gasteiger partial charge on any atom is -0.356 e. The summed E-state index contributed by atoms with van der Waals surface area (Å²) in [7, 11) is 0. The molecule has 0 radical (unpaired) electrons. The Bertz CT molecular complexity index is 918. The number of rotatable bonds is 8. The maximum Gasteiger partial charge on any atom is 0.227 e. The molecule has 0 bridgehead atoms. The molecule has 142 valence electrons. The second kappa shape index (κ2) is 8.57. The molecule has 1 N–H and O–H groups in total. The van der Waals surface area contributed by atoms with Gasteiger partial charge in [-0.2, -0.15) is 10.1 Å². The summed E-state index contributed by atoms with van der Waals surface area (Å²) < 4.78 is 20.6. The Labute approximate surface area is 156 Å². The Balaban J connectivity index is 1.41. The third-order valence-corrected chi connectivity index (χ3v) is 4.11. The fourth-order valence-electron chi connectivity index (χ4n) is 2.57. The van der Waals surface area contributed by atoms with E-state index in [1.54, 1.807) is 19.1 Å². The zero-order valence-electron chi connectivity index (χ0n) is 15.4. The minimum atomic E-state index is -0.316. The summed E-state index contributed by atoms with van der Waals surface area (Å²) in [4.78, 5) is 16.1. The van der Waals surface area contributed by atoms with Crippen molar-refractivity contribution in [2.24, 2.45) is 0 Å². The van der Waals surface area contributed by atoms with E-state index in [-0.39, 0.29) is 18.1 Å². The number of hydrogen-bond acceptors (Lipinski definition) is 5. The van der Waals surface area contributed by atoms with E-state index < -0.39 is 0 Å². The molecule has 2 aromatic heterocycles. The molecule has 7 nitrogen and oxygen atoms in total. The lowest BCUT2D eigenvalue weighted by molar-refractivity contribution is -0.121. The summed E-state index contributed by atoms with van der Waals surface area (Å²) in [5.74, 6) is 0.281. The van der Waals surface area contributed by atoms with Gasteiger partial charge in [0.25, 0.3) is 0 Å². The number of carbonyl (C=O) groups is 1. The summed E-state index contributed by atoms with van der Waals surface area (Å²) in [6, 6.07) is 4.78. The van der Waals surface area contributed by atoms with Crippen LogP contribution in [-0.2, 0) is 17.8 Å². The highest BCUT2D eigenvalue weighted by molar-refractivity contribution is 5.75. The SMILES string of the molecule is Cc1cnn(CCCNC(=O)CCc2nc(-c3ccc(C)c(F)c3)no2)c1. The first-order chi connectivity index (χ1) is 13.0. The predicted octanol–water partition coefficient (Wildman–Crippen LogP) is 2.83. The molecule has 1 aromatic carbocycles. The van der Waals surface area contributed by atoms with Crippen LogP contribution in [0.25, 0.3) is 11.4 Å². The van der Waals surface area contributed by atoms with Gasteiger partial charge >= 0.3 is 0 Å². The molecule has 0 unspecified atom stereocenters. The number of nitrogens with zero attached hydrogens (tertiary/aromatic N) is 4. The lowest BCUT2D eigenvalue weighted by Crippen LogP contribution is -2.25. The fourth-order valence-corrected chi connectivity index (χ4v) is 2.57. The zero-order chi connectivity index (χ0) is 19.2. The van der Waals surface area contributed by atoms with E-state index in [1.807, 2.05) is 24.0 Å². The average molecular weight is 371 g/mol. The second-order valence-electron chi connectivity index (χ2n) is 6.46. The quantitative estimate of drug-likeness (QED) is 0.616. The van der Waals surface area contributed by atoms with Gasteiger partial charge in [0, 0.05) is 37.7 Å². The van der Waals surface area contributed by atoms with E-state index in [0.717, 1.165) is 18.5 Å². The number of aryl methyl sites for hydroxylation is 4. The van der Waals surface area contributed by atoms with Crippen LogP contribution in [0.2, 0.25) is 0 Å². The van der Waals surface area contributed by atoms with Crippen molar-refractivity contribution in [1.82, 2.24) is 25.2 Å². The van der Waals surface area contributed by atoms with Crippen molar-refractivity contribution in [2.75, 3.05) is 6.54 Å². The highest BCUT2D eigenvalue weighted by atomic mass is 19.1. The zero-order valence-corrected chi connectivity index (χ0v) is 15.4. The highest BCUT2D eigenvalue weighted by Crippen LogP contribution is 2.19. The largest absolute Gasteiger partial charge is 0.356 e. The molecule has 0 aliphatic carbocycles. The topological polar surface area (TPSA) is 85.8 Å². The molecule has 0 saturated carbocycles. The van der Waals surface area contributed by atoms with Crippen molar-refractivity contribution in [2.45, 2.75) is 39.7 Å². The number of hydrogen-bond donors (Lipinski definition) is 1. The smallest absolute Gasteiger partial charge is 0.227 e. The van der Waals surface area contributed by atoms with Crippen molar-refractivity contribution in [3.63, 3.8) is 0 Å². The molecule has 27 heavy (non-hydrogen) atoms. The first-order valence-electron chi connectivity index (χ1n) is 8.86. The number of benzene rings is 1. The third kappa shape index (κ3) is 5.22. The Kier molecular flexibility index (Phi) is 5.95. The summed E-state index contributed by atoms with van der Waals surface area (Å²) >= 11 is 0. The van der Waals surface area contributed by atoms with Gasteiger partial charge in [0.2, 0.25) is 17.6 Å². The van der Waals surface area contributed by atoms with Crippen LogP contribution in [0.15, 0.2) is 35.1 Å². The van der Waals surface area contributed by atoms with Crippen LogP contribution in [0.1, 0.15) is 29.9 Å². The number of amides is 1. The van der Waals surface area contributed by atoms with Gasteiger partial charge in [-0.15, -0.1) is 0 Å². The van der Waals surface area contributed by atoms with Crippen LogP contribution in [-0.4, -0.2) is 32.4 Å². The molecule has 3 aromatic rings. The van der Waals surface area contributed by atoms with E-state index in [9.17, 15) is 9.18 Å². The van der Waals surface area contributed by atoms with E-state index in [1.165, 1.54) is 6.07 Å². The molecular formula is C19H22FN5O2. The third-order valence-electron chi connectivity index (χ3n) is 4.11. The highest BCUT2D eigenvalue weighted by Gasteiger charge is 2.12. The molecule has 0 aliphatic heterocycles. The summed E-state index contributed by atoms with van der Waals surface area (Å²) in [5, 5.41) is 10.9. The standard InChI is InChI=1S/C19H22FN5O2/c1-13-11-22-25(12-13)9-3-8-21-17(26)6-7-18-23-19(24-27-18)15-5-4-14(2)16(20)10-15/h4-5,10-12H,3,6-9H2,1-2H3,(H,21,26). The molecule has 0 fully saturated rings. The molecule has 8 heteroatoms.